The molecule has 0 N–H and O–H groups in total. The van der Waals surface area contributed by atoms with E-state index in [1.807, 2.05) is 4.90 Å². The monoisotopic (exact) mass is 303 g/mol. The van der Waals surface area contributed by atoms with Gasteiger partial charge in [0.25, 0.3) is 0 Å². The summed E-state index contributed by atoms with van der Waals surface area (Å²) < 4.78 is 5.00. The van der Waals surface area contributed by atoms with E-state index in [0.29, 0.717) is 12.6 Å². The van der Waals surface area contributed by atoms with E-state index in [9.17, 15) is 4.79 Å². The van der Waals surface area contributed by atoms with Gasteiger partial charge in [0.05, 0.1) is 6.54 Å². The smallest absolute Gasteiger partial charge is 0.409 e. The third-order valence-corrected chi connectivity index (χ3v) is 4.64. The number of carbonyl (C=O) groups is 1. The van der Waals surface area contributed by atoms with Crippen molar-refractivity contribution in [1.29, 1.82) is 0 Å². The topological polar surface area (TPSA) is 36.0 Å². The zero-order valence-corrected chi connectivity index (χ0v) is 13.5. The molecule has 0 bridgehead atoms. The molecule has 2 fully saturated rings. The highest BCUT2D eigenvalue weighted by atomic mass is 16.6. The van der Waals surface area contributed by atoms with Crippen LogP contribution in [0.3, 0.4) is 0 Å². The lowest BCUT2D eigenvalue weighted by Gasteiger charge is -2.27. The fraction of sp³-hybridized carbons (Fsp3) is 0.588. The van der Waals surface area contributed by atoms with Crippen molar-refractivity contribution in [1.82, 2.24) is 9.80 Å². The number of hydrogen-bond acceptors (Lipinski definition) is 4. The SMILES string of the molecule is CN(C)c1cccc([C@@H]2CCCN2CCN2CCOC2=O)c1. The molecule has 0 spiro atoms. The molecule has 1 aromatic carbocycles. The van der Waals surface area contributed by atoms with Crippen LogP contribution in [0, 0.1) is 0 Å². The van der Waals surface area contributed by atoms with Crippen LogP contribution in [0.5, 0.6) is 0 Å². The quantitative estimate of drug-likeness (QED) is 0.836. The maximum atomic E-state index is 11.5. The zero-order chi connectivity index (χ0) is 15.5. The predicted molar refractivity (Wildman–Crippen MR) is 87.2 cm³/mol. The molecular formula is C17H25N3O2. The Morgan fingerprint density at radius 2 is 2.14 bits per heavy atom. The first-order valence-electron chi connectivity index (χ1n) is 8.08. The van der Waals surface area contributed by atoms with Gasteiger partial charge in [-0.2, -0.15) is 0 Å². The van der Waals surface area contributed by atoms with Gasteiger partial charge in [-0.05, 0) is 37.1 Å². The molecule has 3 rings (SSSR count). The molecule has 2 heterocycles. The van der Waals surface area contributed by atoms with E-state index >= 15 is 0 Å². The molecule has 0 radical (unpaired) electrons. The van der Waals surface area contributed by atoms with Crippen LogP contribution in [0.2, 0.25) is 0 Å². The Balaban J connectivity index is 1.65. The van der Waals surface area contributed by atoms with Crippen LogP contribution in [0.25, 0.3) is 0 Å². The number of ether oxygens (including phenoxy) is 1. The van der Waals surface area contributed by atoms with Crippen molar-refractivity contribution < 1.29 is 9.53 Å². The highest BCUT2D eigenvalue weighted by molar-refractivity contribution is 5.69. The molecule has 1 atom stereocenters. The van der Waals surface area contributed by atoms with Crippen molar-refractivity contribution in [2.45, 2.75) is 18.9 Å². The van der Waals surface area contributed by atoms with E-state index < -0.39 is 0 Å². The summed E-state index contributed by atoms with van der Waals surface area (Å²) in [4.78, 5) is 18.0. The van der Waals surface area contributed by atoms with Crippen molar-refractivity contribution in [3.05, 3.63) is 29.8 Å². The number of cyclic esters (lactones) is 1. The van der Waals surface area contributed by atoms with Crippen molar-refractivity contribution in [3.8, 4) is 0 Å². The van der Waals surface area contributed by atoms with Crippen molar-refractivity contribution in [3.63, 3.8) is 0 Å². The summed E-state index contributed by atoms with van der Waals surface area (Å²) in [6.45, 7) is 4.06. The number of carbonyl (C=O) groups excluding carboxylic acids is 1. The standard InChI is InChI=1S/C17H25N3O2/c1-18(2)15-6-3-5-14(13-15)16-7-4-8-19(16)9-10-20-11-12-22-17(20)21/h3,5-6,13,16H,4,7-12H2,1-2H3/t16-/m0/s1. The van der Waals surface area contributed by atoms with Crippen molar-refractivity contribution in [2.75, 3.05) is 51.8 Å². The Morgan fingerprint density at radius 1 is 1.27 bits per heavy atom. The van der Waals surface area contributed by atoms with Gasteiger partial charge in [0, 0.05) is 38.9 Å². The minimum Gasteiger partial charge on any atom is -0.448 e. The molecule has 0 aliphatic carbocycles. The average Bonchev–Trinajstić information content (AvgIpc) is 3.14. The molecule has 22 heavy (non-hydrogen) atoms. The molecule has 2 aliphatic heterocycles. The number of likely N-dealkylation sites (tertiary alicyclic amines) is 1. The number of anilines is 1. The van der Waals surface area contributed by atoms with Gasteiger partial charge in [0.15, 0.2) is 0 Å². The third kappa shape index (κ3) is 3.19. The fourth-order valence-electron chi connectivity index (χ4n) is 3.36. The van der Waals surface area contributed by atoms with Crippen LogP contribution in [-0.4, -0.2) is 62.8 Å². The van der Waals surface area contributed by atoms with Gasteiger partial charge in [0.2, 0.25) is 0 Å². The first-order chi connectivity index (χ1) is 10.6. The van der Waals surface area contributed by atoms with Crippen LogP contribution in [0.15, 0.2) is 24.3 Å². The summed E-state index contributed by atoms with van der Waals surface area (Å²) in [5, 5.41) is 0. The number of amides is 1. The summed E-state index contributed by atoms with van der Waals surface area (Å²) in [5.74, 6) is 0. The molecule has 5 nitrogen and oxygen atoms in total. The van der Waals surface area contributed by atoms with Gasteiger partial charge in [-0.25, -0.2) is 4.79 Å². The summed E-state index contributed by atoms with van der Waals surface area (Å²) in [7, 11) is 4.15. The second kappa shape index (κ2) is 6.57. The summed E-state index contributed by atoms with van der Waals surface area (Å²) >= 11 is 0. The van der Waals surface area contributed by atoms with Crippen molar-refractivity contribution >= 4 is 11.8 Å². The number of benzene rings is 1. The van der Waals surface area contributed by atoms with Crippen LogP contribution in [0.4, 0.5) is 10.5 Å². The Labute approximate surface area is 132 Å². The molecule has 1 amide bonds. The minimum atomic E-state index is -0.162. The molecule has 0 saturated carbocycles. The molecule has 0 aromatic heterocycles. The van der Waals surface area contributed by atoms with Crippen LogP contribution < -0.4 is 4.90 Å². The van der Waals surface area contributed by atoms with E-state index in [-0.39, 0.29) is 6.09 Å². The van der Waals surface area contributed by atoms with Crippen LogP contribution in [-0.2, 0) is 4.74 Å². The van der Waals surface area contributed by atoms with Gasteiger partial charge in [-0.3, -0.25) is 4.90 Å². The van der Waals surface area contributed by atoms with Gasteiger partial charge in [-0.15, -0.1) is 0 Å². The lowest BCUT2D eigenvalue weighted by atomic mass is 10.0. The van der Waals surface area contributed by atoms with Gasteiger partial charge in [0.1, 0.15) is 6.61 Å². The highest BCUT2D eigenvalue weighted by Gasteiger charge is 2.28. The Bertz CT molecular complexity index is 532. The zero-order valence-electron chi connectivity index (χ0n) is 13.5. The van der Waals surface area contributed by atoms with Crippen molar-refractivity contribution in [2.24, 2.45) is 0 Å². The largest absolute Gasteiger partial charge is 0.448 e. The lowest BCUT2D eigenvalue weighted by molar-refractivity contribution is 0.152. The lowest BCUT2D eigenvalue weighted by Crippen LogP contribution is -2.35. The molecule has 1 aromatic rings. The summed E-state index contributed by atoms with van der Waals surface area (Å²) in [6, 6.07) is 9.26. The second-order valence-electron chi connectivity index (χ2n) is 6.28. The summed E-state index contributed by atoms with van der Waals surface area (Å²) in [6.07, 6.45) is 2.26. The maximum absolute atomic E-state index is 11.5. The molecule has 2 saturated heterocycles. The second-order valence-corrected chi connectivity index (χ2v) is 6.28. The van der Waals surface area contributed by atoms with E-state index in [1.54, 1.807) is 0 Å². The number of nitrogens with zero attached hydrogens (tertiary/aromatic N) is 3. The van der Waals surface area contributed by atoms with E-state index in [2.05, 4.69) is 48.2 Å². The molecule has 120 valence electrons. The van der Waals surface area contributed by atoms with E-state index in [1.165, 1.54) is 24.1 Å². The average molecular weight is 303 g/mol. The predicted octanol–water partition coefficient (Wildman–Crippen LogP) is 2.34. The van der Waals surface area contributed by atoms with E-state index in [0.717, 1.165) is 26.2 Å². The van der Waals surface area contributed by atoms with Gasteiger partial charge >= 0.3 is 6.09 Å². The first-order valence-corrected chi connectivity index (χ1v) is 8.08. The molecular weight excluding hydrogens is 278 g/mol. The van der Waals surface area contributed by atoms with Crippen LogP contribution in [0.1, 0.15) is 24.4 Å². The van der Waals surface area contributed by atoms with Gasteiger partial charge < -0.3 is 14.5 Å². The normalized spacial score (nSPS) is 22.2. The third-order valence-electron chi connectivity index (χ3n) is 4.64. The fourth-order valence-corrected chi connectivity index (χ4v) is 3.36. The van der Waals surface area contributed by atoms with Gasteiger partial charge in [-0.1, -0.05) is 12.1 Å². The highest BCUT2D eigenvalue weighted by Crippen LogP contribution is 2.33. The first kappa shape index (κ1) is 15.2. The minimum absolute atomic E-state index is 0.162. The Kier molecular flexibility index (Phi) is 4.52. The maximum Gasteiger partial charge on any atom is 0.409 e. The van der Waals surface area contributed by atoms with Crippen LogP contribution >= 0.6 is 0 Å². The number of hydrogen-bond donors (Lipinski definition) is 0. The molecule has 5 heteroatoms. The Hall–Kier alpha value is -1.75. The number of rotatable bonds is 5. The summed E-state index contributed by atoms with van der Waals surface area (Å²) in [5.41, 5.74) is 2.63. The molecule has 2 aliphatic rings. The molecule has 0 unspecified atom stereocenters. The van der Waals surface area contributed by atoms with E-state index in [4.69, 9.17) is 4.74 Å². The Morgan fingerprint density at radius 3 is 2.86 bits per heavy atom.